The molecule has 0 amide bonds. The Labute approximate surface area is 121 Å². The van der Waals surface area contributed by atoms with Gasteiger partial charge in [-0.3, -0.25) is 0 Å². The largest absolute Gasteiger partial charge is 0.306 e. The molecule has 4 nitrogen and oxygen atoms in total. The highest BCUT2D eigenvalue weighted by Crippen LogP contribution is 2.40. The molecule has 0 N–H and O–H groups in total. The standard InChI is InChI=1S/C13H18N4S2/c1-3-11-14-10(7-18-11)8-19-13-16-15-12(9-5-6-9)17(13)4-2/h7,9H,3-6,8H2,1-2H3. The van der Waals surface area contributed by atoms with Gasteiger partial charge in [0.25, 0.3) is 0 Å². The van der Waals surface area contributed by atoms with Gasteiger partial charge in [-0.25, -0.2) is 4.98 Å². The van der Waals surface area contributed by atoms with Crippen molar-refractivity contribution in [3.05, 3.63) is 21.9 Å². The highest BCUT2D eigenvalue weighted by Gasteiger charge is 2.29. The van der Waals surface area contributed by atoms with Crippen molar-refractivity contribution < 1.29 is 0 Å². The number of rotatable bonds is 6. The van der Waals surface area contributed by atoms with Gasteiger partial charge in [-0.05, 0) is 26.2 Å². The summed E-state index contributed by atoms with van der Waals surface area (Å²) < 4.78 is 2.26. The van der Waals surface area contributed by atoms with Crippen molar-refractivity contribution in [2.24, 2.45) is 0 Å². The van der Waals surface area contributed by atoms with E-state index in [4.69, 9.17) is 0 Å². The highest BCUT2D eigenvalue weighted by molar-refractivity contribution is 7.98. The second-order valence-corrected chi connectivity index (χ2v) is 6.62. The first-order valence-electron chi connectivity index (χ1n) is 6.81. The molecule has 1 fully saturated rings. The number of thioether (sulfide) groups is 1. The van der Waals surface area contributed by atoms with Crippen LogP contribution < -0.4 is 0 Å². The zero-order valence-corrected chi connectivity index (χ0v) is 12.9. The Kier molecular flexibility index (Phi) is 3.88. The van der Waals surface area contributed by atoms with Gasteiger partial charge in [0.15, 0.2) is 5.16 Å². The van der Waals surface area contributed by atoms with E-state index < -0.39 is 0 Å². The summed E-state index contributed by atoms with van der Waals surface area (Å²) in [4.78, 5) is 4.59. The maximum atomic E-state index is 4.59. The molecule has 0 aromatic carbocycles. The minimum atomic E-state index is 0.660. The van der Waals surface area contributed by atoms with E-state index in [9.17, 15) is 0 Å². The first-order chi connectivity index (χ1) is 9.31. The second kappa shape index (κ2) is 5.63. The number of thiazole rings is 1. The monoisotopic (exact) mass is 294 g/mol. The molecule has 3 rings (SSSR count). The SMILES string of the molecule is CCc1nc(CSc2nnc(C3CC3)n2CC)cs1. The number of hydrogen-bond donors (Lipinski definition) is 0. The van der Waals surface area contributed by atoms with Crippen LogP contribution in [0.25, 0.3) is 0 Å². The Morgan fingerprint density at radius 2 is 2.21 bits per heavy atom. The molecule has 0 radical (unpaired) electrons. The number of aromatic nitrogens is 4. The lowest BCUT2D eigenvalue weighted by atomic mass is 10.4. The van der Waals surface area contributed by atoms with E-state index >= 15 is 0 Å². The third-order valence-electron chi connectivity index (χ3n) is 3.26. The number of nitrogens with zero attached hydrogens (tertiary/aromatic N) is 4. The smallest absolute Gasteiger partial charge is 0.191 e. The van der Waals surface area contributed by atoms with Crippen molar-refractivity contribution in [3.63, 3.8) is 0 Å². The summed E-state index contributed by atoms with van der Waals surface area (Å²) in [6, 6.07) is 0. The first kappa shape index (κ1) is 13.1. The molecular weight excluding hydrogens is 276 g/mol. The lowest BCUT2D eigenvalue weighted by molar-refractivity contribution is 0.643. The van der Waals surface area contributed by atoms with Gasteiger partial charge in [0.05, 0.1) is 10.7 Å². The fourth-order valence-corrected chi connectivity index (χ4v) is 3.82. The molecule has 1 aliphatic carbocycles. The van der Waals surface area contributed by atoms with Crippen LogP contribution in [0, 0.1) is 0 Å². The summed E-state index contributed by atoms with van der Waals surface area (Å²) in [5.74, 6) is 2.73. The van der Waals surface area contributed by atoms with Crippen LogP contribution in [0.15, 0.2) is 10.5 Å². The van der Waals surface area contributed by atoms with Crippen LogP contribution in [-0.4, -0.2) is 19.7 Å². The van der Waals surface area contributed by atoms with Crippen molar-refractivity contribution >= 4 is 23.1 Å². The molecule has 0 unspecified atom stereocenters. The molecule has 6 heteroatoms. The fraction of sp³-hybridized carbons (Fsp3) is 0.615. The average Bonchev–Trinajstić information content (AvgIpc) is 3.04. The van der Waals surface area contributed by atoms with Gasteiger partial charge in [-0.2, -0.15) is 0 Å². The van der Waals surface area contributed by atoms with Gasteiger partial charge < -0.3 is 4.57 Å². The van der Waals surface area contributed by atoms with Gasteiger partial charge in [-0.15, -0.1) is 21.5 Å². The minimum absolute atomic E-state index is 0.660. The molecule has 1 aliphatic rings. The predicted molar refractivity (Wildman–Crippen MR) is 78.7 cm³/mol. The van der Waals surface area contributed by atoms with Crippen LogP contribution in [0.4, 0.5) is 0 Å². The van der Waals surface area contributed by atoms with Gasteiger partial charge in [-0.1, -0.05) is 18.7 Å². The molecule has 102 valence electrons. The first-order valence-corrected chi connectivity index (χ1v) is 8.67. The van der Waals surface area contributed by atoms with Crippen molar-refractivity contribution in [1.29, 1.82) is 0 Å². The molecule has 0 atom stereocenters. The molecule has 0 spiro atoms. The Morgan fingerprint density at radius 3 is 2.84 bits per heavy atom. The molecule has 1 saturated carbocycles. The molecule has 19 heavy (non-hydrogen) atoms. The summed E-state index contributed by atoms with van der Waals surface area (Å²) in [6.07, 6.45) is 3.57. The quantitative estimate of drug-likeness (QED) is 0.765. The number of aryl methyl sites for hydroxylation is 1. The molecule has 0 aliphatic heterocycles. The lowest BCUT2D eigenvalue weighted by Gasteiger charge is -2.05. The molecule has 2 heterocycles. The lowest BCUT2D eigenvalue weighted by Crippen LogP contribution is -2.02. The van der Waals surface area contributed by atoms with E-state index in [0.717, 1.165) is 29.6 Å². The molecule has 2 aromatic heterocycles. The van der Waals surface area contributed by atoms with E-state index in [0.29, 0.717) is 5.92 Å². The molecule has 2 aromatic rings. The maximum Gasteiger partial charge on any atom is 0.191 e. The van der Waals surface area contributed by atoms with Gasteiger partial charge in [0, 0.05) is 23.6 Å². The zero-order chi connectivity index (χ0) is 13.2. The van der Waals surface area contributed by atoms with E-state index in [1.807, 2.05) is 0 Å². The third kappa shape index (κ3) is 2.84. The normalized spacial score (nSPS) is 15.1. The summed E-state index contributed by atoms with van der Waals surface area (Å²) in [5.41, 5.74) is 1.16. The Bertz CT molecular complexity index is 557. The third-order valence-corrected chi connectivity index (χ3v) is 5.30. The number of hydrogen-bond acceptors (Lipinski definition) is 5. The van der Waals surface area contributed by atoms with Crippen LogP contribution >= 0.6 is 23.1 Å². The average molecular weight is 294 g/mol. The predicted octanol–water partition coefficient (Wildman–Crippen LogP) is 3.49. The van der Waals surface area contributed by atoms with E-state index in [-0.39, 0.29) is 0 Å². The summed E-state index contributed by atoms with van der Waals surface area (Å²) in [6.45, 7) is 5.27. The second-order valence-electron chi connectivity index (χ2n) is 4.73. The Morgan fingerprint density at radius 1 is 1.37 bits per heavy atom. The van der Waals surface area contributed by atoms with Crippen molar-refractivity contribution in [1.82, 2.24) is 19.7 Å². The topological polar surface area (TPSA) is 43.6 Å². The van der Waals surface area contributed by atoms with Crippen LogP contribution in [-0.2, 0) is 18.7 Å². The van der Waals surface area contributed by atoms with E-state index in [1.165, 1.54) is 23.7 Å². The van der Waals surface area contributed by atoms with Crippen molar-refractivity contribution in [2.45, 2.75) is 56.5 Å². The Hall–Kier alpha value is -0.880. The zero-order valence-electron chi connectivity index (χ0n) is 11.3. The summed E-state index contributed by atoms with van der Waals surface area (Å²) >= 11 is 3.50. The summed E-state index contributed by atoms with van der Waals surface area (Å²) in [7, 11) is 0. The highest BCUT2D eigenvalue weighted by atomic mass is 32.2. The fourth-order valence-electron chi connectivity index (χ4n) is 2.06. The van der Waals surface area contributed by atoms with E-state index in [2.05, 4.69) is 39.0 Å². The van der Waals surface area contributed by atoms with Crippen molar-refractivity contribution in [2.75, 3.05) is 0 Å². The van der Waals surface area contributed by atoms with E-state index in [1.54, 1.807) is 23.1 Å². The van der Waals surface area contributed by atoms with Gasteiger partial charge >= 0.3 is 0 Å². The van der Waals surface area contributed by atoms with Crippen LogP contribution in [0.5, 0.6) is 0 Å². The molecule has 0 saturated heterocycles. The molecular formula is C13H18N4S2. The van der Waals surface area contributed by atoms with Crippen LogP contribution in [0.2, 0.25) is 0 Å². The molecule has 0 bridgehead atoms. The maximum absolute atomic E-state index is 4.59. The van der Waals surface area contributed by atoms with Gasteiger partial charge in [0.1, 0.15) is 5.82 Å². The summed E-state index contributed by atoms with van der Waals surface area (Å²) in [5, 5.41) is 13.1. The van der Waals surface area contributed by atoms with Gasteiger partial charge in [0.2, 0.25) is 0 Å². The van der Waals surface area contributed by atoms with Crippen LogP contribution in [0.3, 0.4) is 0 Å². The Balaban J connectivity index is 1.69. The minimum Gasteiger partial charge on any atom is -0.306 e. The van der Waals surface area contributed by atoms with Crippen molar-refractivity contribution in [3.8, 4) is 0 Å². The van der Waals surface area contributed by atoms with Crippen LogP contribution in [0.1, 0.15) is 49.1 Å².